The highest BCUT2D eigenvalue weighted by molar-refractivity contribution is 7.86. The largest absolute Gasteiger partial charge is 0.418 e. The molecule has 0 unspecified atom stereocenters. The first kappa shape index (κ1) is 26.0. The lowest BCUT2D eigenvalue weighted by atomic mass is 9.98. The molecule has 0 radical (unpaired) electrons. The van der Waals surface area contributed by atoms with E-state index in [9.17, 15) is 34.8 Å². The molecule has 0 aliphatic carbocycles. The lowest BCUT2D eigenvalue weighted by Crippen LogP contribution is -2.41. The van der Waals surface area contributed by atoms with Gasteiger partial charge in [0.15, 0.2) is 5.82 Å². The average Bonchev–Trinajstić information content (AvgIpc) is 3.19. The summed E-state index contributed by atoms with van der Waals surface area (Å²) in [5, 5.41) is 11.1. The number of anilines is 2. The van der Waals surface area contributed by atoms with Crippen LogP contribution in [0.5, 0.6) is 0 Å². The van der Waals surface area contributed by atoms with Crippen molar-refractivity contribution < 1.29 is 39.3 Å². The van der Waals surface area contributed by atoms with Gasteiger partial charge in [0, 0.05) is 37.4 Å². The lowest BCUT2D eigenvalue weighted by Gasteiger charge is -2.27. The molecule has 3 N–H and O–H groups in total. The summed E-state index contributed by atoms with van der Waals surface area (Å²) in [5.74, 6) is -0.376. The molecule has 0 atom stereocenters. The van der Waals surface area contributed by atoms with Gasteiger partial charge in [-0.1, -0.05) is 5.16 Å². The van der Waals surface area contributed by atoms with E-state index in [1.54, 1.807) is 0 Å². The van der Waals surface area contributed by atoms with E-state index < -0.39 is 41.2 Å². The summed E-state index contributed by atoms with van der Waals surface area (Å²) in [4.78, 5) is 4.77. The fourth-order valence-corrected chi connectivity index (χ4v) is 4.38. The number of alkyl halides is 6. The predicted molar refractivity (Wildman–Crippen MR) is 109 cm³/mol. The maximum atomic E-state index is 13.4. The van der Waals surface area contributed by atoms with Gasteiger partial charge in [-0.05, 0) is 31.0 Å². The van der Waals surface area contributed by atoms with E-state index in [4.69, 9.17) is 9.66 Å². The number of benzene rings is 1. The summed E-state index contributed by atoms with van der Waals surface area (Å²) in [6.45, 7) is -1.88. The second-order valence-corrected chi connectivity index (χ2v) is 9.26. The predicted octanol–water partition coefficient (Wildman–Crippen LogP) is 3.08. The number of nitrogens with one attached hydrogen (secondary N) is 1. The molecule has 3 rings (SSSR count). The molecule has 1 saturated heterocycles. The zero-order valence-corrected chi connectivity index (χ0v) is 18.6. The molecule has 0 saturated carbocycles. The molecule has 1 aromatic carbocycles. The van der Waals surface area contributed by atoms with Crippen LogP contribution in [-0.2, 0) is 22.9 Å². The van der Waals surface area contributed by atoms with Crippen molar-refractivity contribution >= 4 is 21.6 Å². The molecule has 0 spiro atoms. The van der Waals surface area contributed by atoms with Gasteiger partial charge in [0.1, 0.15) is 6.54 Å². The summed E-state index contributed by atoms with van der Waals surface area (Å²) >= 11 is 0. The van der Waals surface area contributed by atoms with E-state index >= 15 is 0 Å². The fraction of sp³-hybridized carbons (Fsp3) is 0.556. The van der Waals surface area contributed by atoms with E-state index in [0.717, 1.165) is 16.4 Å². The summed E-state index contributed by atoms with van der Waals surface area (Å²) in [6.07, 6.45) is -8.88. The highest BCUT2D eigenvalue weighted by Crippen LogP contribution is 2.38. The van der Waals surface area contributed by atoms with E-state index in [0.29, 0.717) is 23.8 Å². The molecule has 2 aromatic rings. The topological polar surface area (TPSA) is 118 Å². The Bertz CT molecular complexity index is 1100. The fourth-order valence-electron chi connectivity index (χ4n) is 3.66. The second-order valence-electron chi connectivity index (χ2n) is 7.72. The van der Waals surface area contributed by atoms with Gasteiger partial charge in [-0.25, -0.2) is 5.14 Å². The highest BCUT2D eigenvalue weighted by Gasteiger charge is 2.36. The van der Waals surface area contributed by atoms with E-state index in [-0.39, 0.29) is 42.1 Å². The van der Waals surface area contributed by atoms with Crippen molar-refractivity contribution in [1.29, 1.82) is 0 Å². The van der Waals surface area contributed by atoms with Gasteiger partial charge in [0.25, 0.3) is 10.2 Å². The number of aromatic nitrogens is 2. The molecule has 0 amide bonds. The van der Waals surface area contributed by atoms with Crippen molar-refractivity contribution in [3.63, 3.8) is 0 Å². The summed E-state index contributed by atoms with van der Waals surface area (Å²) in [7, 11) is -2.57. The third kappa shape index (κ3) is 6.50. The monoisotopic (exact) mass is 516 g/mol. The first-order valence-electron chi connectivity index (χ1n) is 9.98. The van der Waals surface area contributed by atoms with E-state index in [1.807, 2.05) is 0 Å². The van der Waals surface area contributed by atoms with Crippen LogP contribution in [0.4, 0.5) is 37.7 Å². The van der Waals surface area contributed by atoms with Crippen LogP contribution >= 0.6 is 0 Å². The van der Waals surface area contributed by atoms with Crippen LogP contribution in [0.2, 0.25) is 0 Å². The molecule has 1 aliphatic heterocycles. The first-order chi connectivity index (χ1) is 15.7. The van der Waals surface area contributed by atoms with Gasteiger partial charge in [-0.2, -0.15) is 44.0 Å². The van der Waals surface area contributed by atoms with Crippen LogP contribution in [0, 0.1) is 0 Å². The van der Waals surface area contributed by atoms with Gasteiger partial charge in [-0.15, -0.1) is 0 Å². The average molecular weight is 516 g/mol. The van der Waals surface area contributed by atoms with E-state index in [2.05, 4.69) is 15.5 Å². The Balaban J connectivity index is 1.82. The molecular formula is C18H22F6N6O3S. The number of nitrogens with two attached hydrogens (primary N) is 1. The van der Waals surface area contributed by atoms with Gasteiger partial charge < -0.3 is 14.7 Å². The van der Waals surface area contributed by atoms with Crippen LogP contribution in [0.15, 0.2) is 22.7 Å². The standard InChI is InChI=1S/C18H22F6N6O3S/c1-26-14-3-2-12(8-13(14)18(22,23)24)29(10-17(19,20)21)9-15-27-16(33-28-15)11-4-6-30(7-5-11)34(25,31)32/h2-3,8,11,26H,4-7,9-10H2,1H3,(H2,25,31,32). The number of rotatable bonds is 7. The maximum absolute atomic E-state index is 13.4. The minimum atomic E-state index is -4.79. The molecule has 1 aliphatic rings. The molecule has 1 aromatic heterocycles. The summed E-state index contributed by atoms with van der Waals surface area (Å²) in [5.41, 5.74) is -1.72. The third-order valence-electron chi connectivity index (χ3n) is 5.29. The second kappa shape index (κ2) is 9.58. The molecule has 0 bridgehead atoms. The van der Waals surface area contributed by atoms with Crippen LogP contribution in [-0.4, -0.2) is 55.7 Å². The summed E-state index contributed by atoms with van der Waals surface area (Å²) in [6, 6.07) is 2.81. The van der Waals surface area contributed by atoms with Gasteiger partial charge in [-0.3, -0.25) is 0 Å². The molecule has 9 nitrogen and oxygen atoms in total. The number of piperidine rings is 1. The number of halogens is 6. The Kier molecular flexibility index (Phi) is 7.33. The lowest BCUT2D eigenvalue weighted by molar-refractivity contribution is -0.136. The molecule has 16 heteroatoms. The molecular weight excluding hydrogens is 494 g/mol. The normalized spacial score (nSPS) is 16.6. The van der Waals surface area contributed by atoms with Gasteiger partial charge in [0.2, 0.25) is 5.89 Å². The van der Waals surface area contributed by atoms with Crippen LogP contribution in [0.1, 0.15) is 36.0 Å². The van der Waals surface area contributed by atoms with Crippen LogP contribution < -0.4 is 15.4 Å². The zero-order chi connectivity index (χ0) is 25.3. The van der Waals surface area contributed by atoms with Crippen molar-refractivity contribution in [2.45, 2.75) is 37.7 Å². The van der Waals surface area contributed by atoms with Crippen molar-refractivity contribution in [3.05, 3.63) is 35.5 Å². The number of hydrogen-bond acceptors (Lipinski definition) is 7. The van der Waals surface area contributed by atoms with Crippen molar-refractivity contribution in [1.82, 2.24) is 14.4 Å². The van der Waals surface area contributed by atoms with Crippen LogP contribution in [0.3, 0.4) is 0 Å². The van der Waals surface area contributed by atoms with Crippen molar-refractivity contribution in [2.75, 3.05) is 36.9 Å². The smallest absolute Gasteiger partial charge is 0.388 e. The van der Waals surface area contributed by atoms with E-state index in [1.165, 1.54) is 7.05 Å². The van der Waals surface area contributed by atoms with Crippen molar-refractivity contribution in [2.24, 2.45) is 5.14 Å². The Morgan fingerprint density at radius 2 is 1.85 bits per heavy atom. The van der Waals surface area contributed by atoms with Gasteiger partial charge in [0.05, 0.1) is 12.1 Å². The van der Waals surface area contributed by atoms with Crippen LogP contribution in [0.25, 0.3) is 0 Å². The minimum Gasteiger partial charge on any atom is -0.388 e. The highest BCUT2D eigenvalue weighted by atomic mass is 32.2. The summed E-state index contributed by atoms with van der Waals surface area (Å²) < 4.78 is 109. The molecule has 1 fully saturated rings. The molecule has 190 valence electrons. The quantitative estimate of drug-likeness (QED) is 0.543. The zero-order valence-electron chi connectivity index (χ0n) is 17.8. The number of hydrogen-bond donors (Lipinski definition) is 2. The van der Waals surface area contributed by atoms with Gasteiger partial charge >= 0.3 is 12.4 Å². The maximum Gasteiger partial charge on any atom is 0.418 e. The Morgan fingerprint density at radius 3 is 2.38 bits per heavy atom. The molecule has 2 heterocycles. The Morgan fingerprint density at radius 1 is 1.21 bits per heavy atom. The number of nitrogens with zero attached hydrogens (tertiary/aromatic N) is 4. The first-order valence-corrected chi connectivity index (χ1v) is 11.5. The SMILES string of the molecule is CNc1ccc(N(Cc2noc(C3CCN(S(N)(=O)=O)CC3)n2)CC(F)(F)F)cc1C(F)(F)F. The Hall–Kier alpha value is -2.59. The third-order valence-corrected chi connectivity index (χ3v) is 6.38. The Labute approximate surface area is 191 Å². The molecule has 34 heavy (non-hydrogen) atoms. The van der Waals surface area contributed by atoms with Crippen molar-refractivity contribution in [3.8, 4) is 0 Å². The minimum absolute atomic E-state index is 0.109.